The summed E-state index contributed by atoms with van der Waals surface area (Å²) in [5, 5.41) is 33.5. The van der Waals surface area contributed by atoms with Crippen LogP contribution in [0.5, 0.6) is 0 Å². The maximum Gasteiger partial charge on any atom is 0.347 e. The molecule has 0 unspecified atom stereocenters. The number of hydrogen-bond donors (Lipinski definition) is 1. The lowest BCUT2D eigenvalue weighted by molar-refractivity contribution is -0.388. The van der Waals surface area contributed by atoms with E-state index in [4.69, 9.17) is 0 Å². The van der Waals surface area contributed by atoms with Crippen molar-refractivity contribution >= 4 is 17.3 Å². The average Bonchev–Trinajstić information content (AvgIpc) is 2.60. The van der Waals surface area contributed by atoms with Gasteiger partial charge in [0, 0.05) is 12.1 Å². The third-order valence-electron chi connectivity index (χ3n) is 3.46. The summed E-state index contributed by atoms with van der Waals surface area (Å²) in [6, 6.07) is 9.88. The van der Waals surface area contributed by atoms with Crippen LogP contribution in [0.1, 0.15) is 11.1 Å². The Kier molecular flexibility index (Phi) is 4.56. The maximum absolute atomic E-state index is 12.3. The van der Waals surface area contributed by atoms with Gasteiger partial charge < -0.3 is 9.84 Å². The van der Waals surface area contributed by atoms with Gasteiger partial charge in [0.05, 0.1) is 28.1 Å². The van der Waals surface area contributed by atoms with E-state index in [1.807, 2.05) is 0 Å². The molecule has 0 saturated carbocycles. The molecule has 0 bridgehead atoms. The highest BCUT2D eigenvalue weighted by molar-refractivity contribution is 5.88. The van der Waals surface area contributed by atoms with Crippen molar-refractivity contribution in [1.82, 2.24) is 0 Å². The van der Waals surface area contributed by atoms with E-state index in [2.05, 4.69) is 4.74 Å². The van der Waals surface area contributed by atoms with E-state index in [0.29, 0.717) is 0 Å². The van der Waals surface area contributed by atoms with E-state index in [-0.39, 0.29) is 0 Å². The van der Waals surface area contributed by atoms with E-state index in [0.717, 1.165) is 31.4 Å². The van der Waals surface area contributed by atoms with Gasteiger partial charge in [0.1, 0.15) is 0 Å². The minimum absolute atomic E-state index is 0.420. The highest BCUT2D eigenvalue weighted by Crippen LogP contribution is 2.40. The van der Waals surface area contributed by atoms with Gasteiger partial charge in [0.2, 0.25) is 5.60 Å². The minimum Gasteiger partial charge on any atom is -0.466 e. The highest BCUT2D eigenvalue weighted by atomic mass is 16.6. The molecular weight excluding hydrogens is 320 g/mol. The Labute approximate surface area is 135 Å². The standard InChI is InChI=1S/C15H12N2O7/c1-24-14(18)15(19,10-6-2-4-8-12(10)16(20)21)11-7-3-5-9-13(11)17(22)23/h2-9,19H,1H3. The number of methoxy groups -OCH3 is 1. The molecule has 0 aromatic heterocycles. The average molecular weight is 332 g/mol. The van der Waals surface area contributed by atoms with Crippen LogP contribution in [0.25, 0.3) is 0 Å². The number of nitro benzene ring substituents is 2. The smallest absolute Gasteiger partial charge is 0.347 e. The molecular formula is C15H12N2O7. The molecule has 0 atom stereocenters. The van der Waals surface area contributed by atoms with Gasteiger partial charge in [-0.2, -0.15) is 0 Å². The number of carbonyl (C=O) groups excluding carboxylic acids is 1. The van der Waals surface area contributed by atoms with Crippen LogP contribution in [0.3, 0.4) is 0 Å². The number of carbonyl (C=O) groups is 1. The molecule has 1 N–H and O–H groups in total. The third-order valence-corrected chi connectivity index (χ3v) is 3.46. The number of hydrogen-bond acceptors (Lipinski definition) is 7. The molecule has 2 aromatic rings. The summed E-state index contributed by atoms with van der Waals surface area (Å²) < 4.78 is 4.56. The topological polar surface area (TPSA) is 133 Å². The lowest BCUT2D eigenvalue weighted by Gasteiger charge is -2.25. The summed E-state index contributed by atoms with van der Waals surface area (Å²) in [6.07, 6.45) is 0. The number of esters is 1. The van der Waals surface area contributed by atoms with Gasteiger partial charge in [-0.25, -0.2) is 4.79 Å². The SMILES string of the molecule is COC(=O)C(O)(c1ccccc1[N+](=O)[O-])c1ccccc1[N+](=O)[O-]. The summed E-state index contributed by atoms with van der Waals surface area (Å²) in [5.41, 5.74) is -4.68. The first-order valence-corrected chi connectivity index (χ1v) is 6.62. The molecule has 2 rings (SSSR count). The summed E-state index contributed by atoms with van der Waals surface area (Å²) in [7, 11) is 0.969. The minimum atomic E-state index is -2.71. The van der Waals surface area contributed by atoms with Crippen molar-refractivity contribution < 1.29 is 24.5 Å². The fourth-order valence-corrected chi connectivity index (χ4v) is 2.39. The molecule has 124 valence electrons. The monoisotopic (exact) mass is 332 g/mol. The highest BCUT2D eigenvalue weighted by Gasteiger charge is 2.49. The molecule has 0 saturated heterocycles. The van der Waals surface area contributed by atoms with Crippen LogP contribution in [0.4, 0.5) is 11.4 Å². The largest absolute Gasteiger partial charge is 0.466 e. The van der Waals surface area contributed by atoms with Crippen molar-refractivity contribution in [2.24, 2.45) is 0 Å². The van der Waals surface area contributed by atoms with Crippen LogP contribution in [0.2, 0.25) is 0 Å². The molecule has 0 aliphatic heterocycles. The fraction of sp³-hybridized carbons (Fsp3) is 0.133. The van der Waals surface area contributed by atoms with Crippen molar-refractivity contribution in [1.29, 1.82) is 0 Å². The predicted octanol–water partition coefficient (Wildman–Crippen LogP) is 1.91. The quantitative estimate of drug-likeness (QED) is 0.502. The molecule has 2 aromatic carbocycles. The van der Waals surface area contributed by atoms with Gasteiger partial charge in [0.15, 0.2) is 0 Å². The molecule has 0 heterocycles. The van der Waals surface area contributed by atoms with Crippen LogP contribution >= 0.6 is 0 Å². The first-order valence-electron chi connectivity index (χ1n) is 6.62. The Bertz CT molecular complexity index is 761. The van der Waals surface area contributed by atoms with Crippen LogP contribution in [-0.4, -0.2) is 28.0 Å². The van der Waals surface area contributed by atoms with Crippen LogP contribution < -0.4 is 0 Å². The second kappa shape index (κ2) is 6.42. The van der Waals surface area contributed by atoms with Gasteiger partial charge in [-0.3, -0.25) is 20.2 Å². The normalized spacial score (nSPS) is 10.9. The van der Waals surface area contributed by atoms with Gasteiger partial charge in [-0.05, 0) is 12.1 Å². The van der Waals surface area contributed by atoms with Gasteiger partial charge in [-0.1, -0.05) is 24.3 Å². The third kappa shape index (κ3) is 2.68. The zero-order valence-electron chi connectivity index (χ0n) is 12.4. The Morgan fingerprint density at radius 2 is 1.33 bits per heavy atom. The first kappa shape index (κ1) is 17.0. The lowest BCUT2D eigenvalue weighted by atomic mass is 9.84. The number of ether oxygens (including phenoxy) is 1. The molecule has 0 aliphatic carbocycles. The van der Waals surface area contributed by atoms with Crippen LogP contribution in [0, 0.1) is 20.2 Å². The van der Waals surface area contributed by atoms with Crippen molar-refractivity contribution in [3.05, 3.63) is 79.9 Å². The Hall–Kier alpha value is -3.33. The number of aliphatic hydroxyl groups is 1. The van der Waals surface area contributed by atoms with Gasteiger partial charge in [0.25, 0.3) is 11.4 Å². The molecule has 0 fully saturated rings. The van der Waals surface area contributed by atoms with Crippen molar-refractivity contribution in [2.45, 2.75) is 5.60 Å². The second-order valence-corrected chi connectivity index (χ2v) is 4.75. The first-order chi connectivity index (χ1) is 11.3. The predicted molar refractivity (Wildman–Crippen MR) is 81.2 cm³/mol. The van der Waals surface area contributed by atoms with Gasteiger partial charge >= 0.3 is 5.97 Å². The van der Waals surface area contributed by atoms with Crippen LogP contribution in [0.15, 0.2) is 48.5 Å². The number of nitrogens with zero attached hydrogens (tertiary/aromatic N) is 2. The fourth-order valence-electron chi connectivity index (χ4n) is 2.39. The van der Waals surface area contributed by atoms with E-state index in [1.54, 1.807) is 0 Å². The molecule has 24 heavy (non-hydrogen) atoms. The van der Waals surface area contributed by atoms with E-state index >= 15 is 0 Å². The molecule has 0 radical (unpaired) electrons. The zero-order valence-corrected chi connectivity index (χ0v) is 12.4. The molecule has 0 amide bonds. The molecule has 9 heteroatoms. The Morgan fingerprint density at radius 3 is 1.67 bits per heavy atom. The second-order valence-electron chi connectivity index (χ2n) is 4.75. The lowest BCUT2D eigenvalue weighted by Crippen LogP contribution is -2.39. The summed E-state index contributed by atoms with van der Waals surface area (Å²) in [5.74, 6) is -1.27. The van der Waals surface area contributed by atoms with Crippen molar-refractivity contribution in [2.75, 3.05) is 7.11 Å². The Balaban J connectivity index is 2.87. The number of rotatable bonds is 5. The maximum atomic E-state index is 12.3. The summed E-state index contributed by atoms with van der Waals surface area (Å²) in [4.78, 5) is 33.2. The molecule has 0 spiro atoms. The summed E-state index contributed by atoms with van der Waals surface area (Å²) in [6.45, 7) is 0. The molecule has 0 aliphatic rings. The van der Waals surface area contributed by atoms with E-state index < -0.39 is 43.9 Å². The van der Waals surface area contributed by atoms with Crippen LogP contribution in [-0.2, 0) is 15.1 Å². The van der Waals surface area contributed by atoms with Crippen molar-refractivity contribution in [3.8, 4) is 0 Å². The summed E-state index contributed by atoms with van der Waals surface area (Å²) >= 11 is 0. The molecule has 9 nitrogen and oxygen atoms in total. The number of para-hydroxylation sites is 2. The van der Waals surface area contributed by atoms with E-state index in [1.165, 1.54) is 24.3 Å². The van der Waals surface area contributed by atoms with E-state index in [9.17, 15) is 30.1 Å². The Morgan fingerprint density at radius 1 is 0.958 bits per heavy atom. The number of nitro groups is 2. The number of benzene rings is 2. The van der Waals surface area contributed by atoms with Gasteiger partial charge in [-0.15, -0.1) is 0 Å². The van der Waals surface area contributed by atoms with Crippen molar-refractivity contribution in [3.63, 3.8) is 0 Å². The zero-order chi connectivity index (χ0) is 17.9.